The molecule has 2 aromatic rings. The maximum atomic E-state index is 11.7. The number of benzene rings is 1. The Balaban J connectivity index is 1.52. The van der Waals surface area contributed by atoms with Crippen LogP contribution in [0.15, 0.2) is 29.4 Å². The Kier molecular flexibility index (Phi) is 5.09. The third-order valence-corrected chi connectivity index (χ3v) is 4.36. The zero-order valence-corrected chi connectivity index (χ0v) is 14.1. The molecule has 24 heavy (non-hydrogen) atoms. The first-order chi connectivity index (χ1) is 11.7. The molecule has 1 heterocycles. The van der Waals surface area contributed by atoms with Gasteiger partial charge in [-0.2, -0.15) is 0 Å². The fraction of sp³-hybridized carbons (Fsp3) is 0.400. The van der Waals surface area contributed by atoms with Crippen LogP contribution in [0.25, 0.3) is 0 Å². The number of methoxy groups -OCH3 is 1. The molecule has 8 nitrogen and oxygen atoms in total. The highest BCUT2D eigenvalue weighted by Gasteiger charge is 2.23. The first kappa shape index (κ1) is 16.4. The Hall–Kier alpha value is -2.42. The summed E-state index contributed by atoms with van der Waals surface area (Å²) in [6, 6.07) is 7.61. The molecule has 128 valence electrons. The molecule has 0 aliphatic heterocycles. The monoisotopic (exact) mass is 349 g/mol. The van der Waals surface area contributed by atoms with Gasteiger partial charge in [0.05, 0.1) is 12.9 Å². The van der Waals surface area contributed by atoms with Gasteiger partial charge in [-0.3, -0.25) is 4.79 Å². The molecule has 1 amide bonds. The zero-order valence-electron chi connectivity index (χ0n) is 13.3. The first-order valence-electron chi connectivity index (χ1n) is 7.54. The summed E-state index contributed by atoms with van der Waals surface area (Å²) in [6.45, 7) is 0.172. The van der Waals surface area contributed by atoms with Crippen LogP contribution < -0.4 is 20.6 Å². The predicted octanol–water partition coefficient (Wildman–Crippen LogP) is 0.950. The SMILES string of the molecule is COc1cccc(OCc2nnc(SCC(=O)NC3CC3)n2N)c1. The Labute approximate surface area is 143 Å². The van der Waals surface area contributed by atoms with Crippen LogP contribution in [-0.2, 0) is 11.4 Å². The van der Waals surface area contributed by atoms with E-state index in [1.165, 1.54) is 16.4 Å². The van der Waals surface area contributed by atoms with Crippen LogP contribution in [0.2, 0.25) is 0 Å². The average Bonchev–Trinajstić information content (AvgIpc) is 3.34. The maximum Gasteiger partial charge on any atom is 0.230 e. The standard InChI is InChI=1S/C15H19N5O3S/c1-22-11-3-2-4-12(7-11)23-8-13-18-19-15(20(13)16)24-9-14(21)17-10-5-6-10/h2-4,7,10H,5-6,8-9,16H2,1H3,(H,17,21). The van der Waals surface area contributed by atoms with Crippen molar-refractivity contribution in [1.29, 1.82) is 0 Å². The molecule has 0 saturated heterocycles. The van der Waals surface area contributed by atoms with Gasteiger partial charge in [-0.25, -0.2) is 4.68 Å². The van der Waals surface area contributed by atoms with Crippen LogP contribution in [-0.4, -0.2) is 39.7 Å². The van der Waals surface area contributed by atoms with Crippen molar-refractivity contribution in [2.75, 3.05) is 18.7 Å². The molecular weight excluding hydrogens is 330 g/mol. The number of nitrogen functional groups attached to an aromatic ring is 1. The Morgan fingerprint density at radius 1 is 1.42 bits per heavy atom. The van der Waals surface area contributed by atoms with Crippen LogP contribution in [0.3, 0.4) is 0 Å². The summed E-state index contributed by atoms with van der Waals surface area (Å²) in [7, 11) is 1.60. The van der Waals surface area contributed by atoms with Gasteiger partial charge >= 0.3 is 0 Å². The van der Waals surface area contributed by atoms with E-state index in [2.05, 4.69) is 15.5 Å². The molecule has 1 aliphatic carbocycles. The molecule has 3 rings (SSSR count). The van der Waals surface area contributed by atoms with Crippen molar-refractivity contribution in [2.45, 2.75) is 30.6 Å². The minimum Gasteiger partial charge on any atom is -0.497 e. The summed E-state index contributed by atoms with van der Waals surface area (Å²) in [4.78, 5) is 11.7. The minimum atomic E-state index is -0.0142. The largest absolute Gasteiger partial charge is 0.497 e. The molecule has 1 aromatic carbocycles. The minimum absolute atomic E-state index is 0.0142. The lowest BCUT2D eigenvalue weighted by Gasteiger charge is -2.07. The van der Waals surface area contributed by atoms with Crippen molar-refractivity contribution < 1.29 is 14.3 Å². The highest BCUT2D eigenvalue weighted by atomic mass is 32.2. The van der Waals surface area contributed by atoms with E-state index < -0.39 is 0 Å². The quantitative estimate of drug-likeness (QED) is 0.540. The van der Waals surface area contributed by atoms with E-state index in [1.807, 2.05) is 18.2 Å². The number of nitrogens with two attached hydrogens (primary N) is 1. The second-order valence-corrected chi connectivity index (χ2v) is 6.31. The molecule has 0 radical (unpaired) electrons. The van der Waals surface area contributed by atoms with Crippen LogP contribution in [0.4, 0.5) is 0 Å². The molecule has 1 saturated carbocycles. The van der Waals surface area contributed by atoms with Crippen LogP contribution in [0.5, 0.6) is 11.5 Å². The van der Waals surface area contributed by atoms with Gasteiger partial charge in [0.2, 0.25) is 11.1 Å². The number of ether oxygens (including phenoxy) is 2. The number of nitrogens with one attached hydrogen (secondary N) is 1. The van der Waals surface area contributed by atoms with Gasteiger partial charge in [0, 0.05) is 12.1 Å². The van der Waals surface area contributed by atoms with Gasteiger partial charge in [-0.05, 0) is 25.0 Å². The highest BCUT2D eigenvalue weighted by Crippen LogP contribution is 2.21. The second kappa shape index (κ2) is 7.43. The Morgan fingerprint density at radius 2 is 2.21 bits per heavy atom. The van der Waals surface area contributed by atoms with Crippen LogP contribution in [0.1, 0.15) is 18.7 Å². The molecule has 0 spiro atoms. The van der Waals surface area contributed by atoms with Crippen molar-refractivity contribution in [3.8, 4) is 11.5 Å². The lowest BCUT2D eigenvalue weighted by Crippen LogP contribution is -2.27. The summed E-state index contributed by atoms with van der Waals surface area (Å²) < 4.78 is 12.1. The third-order valence-electron chi connectivity index (χ3n) is 3.42. The molecule has 0 unspecified atom stereocenters. The van der Waals surface area contributed by atoms with E-state index in [-0.39, 0.29) is 18.3 Å². The molecule has 0 atom stereocenters. The number of carbonyl (C=O) groups is 1. The Morgan fingerprint density at radius 3 is 2.96 bits per heavy atom. The van der Waals surface area contributed by atoms with Gasteiger partial charge < -0.3 is 20.6 Å². The summed E-state index contributed by atoms with van der Waals surface area (Å²) in [5.74, 6) is 8.04. The number of hydrogen-bond donors (Lipinski definition) is 2. The molecule has 1 aromatic heterocycles. The van der Waals surface area contributed by atoms with E-state index in [1.54, 1.807) is 13.2 Å². The van der Waals surface area contributed by atoms with Gasteiger partial charge in [0.15, 0.2) is 5.82 Å². The summed E-state index contributed by atoms with van der Waals surface area (Å²) in [6.07, 6.45) is 2.13. The fourth-order valence-electron chi connectivity index (χ4n) is 1.97. The summed E-state index contributed by atoms with van der Waals surface area (Å²) >= 11 is 1.25. The van der Waals surface area contributed by atoms with E-state index in [0.29, 0.717) is 28.5 Å². The number of aromatic nitrogens is 3. The number of rotatable bonds is 8. The normalized spacial score (nSPS) is 13.5. The fourth-order valence-corrected chi connectivity index (χ4v) is 2.66. The number of thioether (sulfide) groups is 1. The van der Waals surface area contributed by atoms with Crippen molar-refractivity contribution >= 4 is 17.7 Å². The molecule has 1 fully saturated rings. The summed E-state index contributed by atoms with van der Waals surface area (Å²) in [5.41, 5.74) is 0. The number of carbonyl (C=O) groups excluding carboxylic acids is 1. The third kappa shape index (κ3) is 4.31. The predicted molar refractivity (Wildman–Crippen MR) is 89.4 cm³/mol. The Bertz CT molecular complexity index is 717. The molecule has 1 aliphatic rings. The average molecular weight is 349 g/mol. The van der Waals surface area contributed by atoms with Crippen molar-refractivity contribution in [1.82, 2.24) is 20.2 Å². The summed E-state index contributed by atoms with van der Waals surface area (Å²) in [5, 5.41) is 11.4. The first-order valence-corrected chi connectivity index (χ1v) is 8.52. The molecular formula is C15H19N5O3S. The van der Waals surface area contributed by atoms with Gasteiger partial charge in [-0.15, -0.1) is 10.2 Å². The molecule has 0 bridgehead atoms. The van der Waals surface area contributed by atoms with Gasteiger partial charge in [0.25, 0.3) is 0 Å². The van der Waals surface area contributed by atoms with Crippen molar-refractivity contribution in [3.05, 3.63) is 30.1 Å². The van der Waals surface area contributed by atoms with E-state index in [9.17, 15) is 4.79 Å². The topological polar surface area (TPSA) is 104 Å². The maximum absolute atomic E-state index is 11.7. The van der Waals surface area contributed by atoms with Crippen LogP contribution in [0, 0.1) is 0 Å². The molecule has 3 N–H and O–H groups in total. The van der Waals surface area contributed by atoms with Crippen molar-refractivity contribution in [3.63, 3.8) is 0 Å². The van der Waals surface area contributed by atoms with Gasteiger partial charge in [-0.1, -0.05) is 17.8 Å². The number of amides is 1. The smallest absolute Gasteiger partial charge is 0.230 e. The van der Waals surface area contributed by atoms with E-state index in [4.69, 9.17) is 15.3 Å². The second-order valence-electron chi connectivity index (χ2n) is 5.37. The zero-order chi connectivity index (χ0) is 16.9. The highest BCUT2D eigenvalue weighted by molar-refractivity contribution is 7.99. The van der Waals surface area contributed by atoms with E-state index >= 15 is 0 Å². The lowest BCUT2D eigenvalue weighted by molar-refractivity contribution is -0.118. The van der Waals surface area contributed by atoms with Crippen LogP contribution >= 0.6 is 11.8 Å². The van der Waals surface area contributed by atoms with Crippen molar-refractivity contribution in [2.24, 2.45) is 0 Å². The number of hydrogen-bond acceptors (Lipinski definition) is 7. The lowest BCUT2D eigenvalue weighted by atomic mass is 10.3. The number of nitrogens with zero attached hydrogens (tertiary/aromatic N) is 3. The molecule has 9 heteroatoms. The van der Waals surface area contributed by atoms with E-state index in [0.717, 1.165) is 12.8 Å². The van der Waals surface area contributed by atoms with Gasteiger partial charge in [0.1, 0.15) is 18.1 Å².